The Morgan fingerprint density at radius 2 is 2.22 bits per heavy atom. The van der Waals surface area contributed by atoms with Gasteiger partial charge in [-0.05, 0) is 45.6 Å². The van der Waals surface area contributed by atoms with E-state index in [9.17, 15) is 4.39 Å². The minimum atomic E-state index is -0.189. The van der Waals surface area contributed by atoms with Gasteiger partial charge in [0.25, 0.3) is 0 Å². The van der Waals surface area contributed by atoms with Crippen LogP contribution in [-0.2, 0) is 6.54 Å². The Hall–Kier alpha value is -1.13. The van der Waals surface area contributed by atoms with Crippen LogP contribution in [-0.4, -0.2) is 43.0 Å². The number of nitrogens with zero attached hydrogens (tertiary/aromatic N) is 2. The highest BCUT2D eigenvalue weighted by atomic mass is 19.1. The van der Waals surface area contributed by atoms with E-state index in [1.165, 1.54) is 18.9 Å². The van der Waals surface area contributed by atoms with Crippen LogP contribution >= 0.6 is 0 Å². The lowest BCUT2D eigenvalue weighted by molar-refractivity contribution is 0.199. The van der Waals surface area contributed by atoms with Gasteiger partial charge in [-0.15, -0.1) is 0 Å². The van der Waals surface area contributed by atoms with Crippen LogP contribution in [0.25, 0.3) is 0 Å². The van der Waals surface area contributed by atoms with E-state index in [0.717, 1.165) is 13.1 Å². The molecule has 18 heavy (non-hydrogen) atoms. The molecule has 0 amide bonds. The summed E-state index contributed by atoms with van der Waals surface area (Å²) in [6, 6.07) is 5.44. The molecule has 1 aliphatic rings. The van der Waals surface area contributed by atoms with Crippen molar-refractivity contribution in [3.05, 3.63) is 29.6 Å². The smallest absolute Gasteiger partial charge is 0.129 e. The quantitative estimate of drug-likeness (QED) is 0.830. The van der Waals surface area contributed by atoms with E-state index in [4.69, 9.17) is 5.73 Å². The topological polar surface area (TPSA) is 32.5 Å². The van der Waals surface area contributed by atoms with Crippen molar-refractivity contribution in [3.8, 4) is 0 Å². The zero-order chi connectivity index (χ0) is 13.1. The number of nitrogen functional groups attached to an aromatic ring is 1. The molecule has 1 saturated heterocycles. The van der Waals surface area contributed by atoms with Crippen molar-refractivity contribution in [2.75, 3.05) is 32.9 Å². The third-order valence-corrected chi connectivity index (χ3v) is 3.59. The predicted molar refractivity (Wildman–Crippen MR) is 72.8 cm³/mol. The second-order valence-electron chi connectivity index (χ2n) is 5.34. The van der Waals surface area contributed by atoms with Gasteiger partial charge in [0.15, 0.2) is 0 Å². The van der Waals surface area contributed by atoms with Crippen molar-refractivity contribution in [2.45, 2.75) is 25.4 Å². The summed E-state index contributed by atoms with van der Waals surface area (Å²) in [5.41, 5.74) is 7.07. The molecule has 1 fully saturated rings. The van der Waals surface area contributed by atoms with Crippen molar-refractivity contribution in [1.29, 1.82) is 0 Å². The number of hydrogen-bond donors (Lipinski definition) is 1. The van der Waals surface area contributed by atoms with Crippen LogP contribution in [0.1, 0.15) is 18.4 Å². The third-order valence-electron chi connectivity index (χ3n) is 3.59. The van der Waals surface area contributed by atoms with Crippen molar-refractivity contribution in [3.63, 3.8) is 0 Å². The van der Waals surface area contributed by atoms with E-state index in [0.29, 0.717) is 23.8 Å². The van der Waals surface area contributed by atoms with Gasteiger partial charge in [0.2, 0.25) is 0 Å². The summed E-state index contributed by atoms with van der Waals surface area (Å²) in [6.07, 6.45) is 2.37. The average molecular weight is 251 g/mol. The molecule has 1 unspecified atom stereocenters. The van der Waals surface area contributed by atoms with Crippen LogP contribution in [0.5, 0.6) is 0 Å². The monoisotopic (exact) mass is 251 g/mol. The predicted octanol–water partition coefficient (Wildman–Crippen LogP) is 1.93. The Bertz CT molecular complexity index is 386. The maximum atomic E-state index is 13.8. The zero-order valence-corrected chi connectivity index (χ0v) is 11.2. The Kier molecular flexibility index (Phi) is 4.19. The molecule has 3 nitrogen and oxygen atoms in total. The lowest BCUT2D eigenvalue weighted by Crippen LogP contribution is -2.37. The van der Waals surface area contributed by atoms with Gasteiger partial charge in [0, 0.05) is 30.4 Å². The molecule has 0 bridgehead atoms. The summed E-state index contributed by atoms with van der Waals surface area (Å²) in [6.45, 7) is 2.68. The van der Waals surface area contributed by atoms with E-state index < -0.39 is 0 Å². The van der Waals surface area contributed by atoms with Gasteiger partial charge in [0.1, 0.15) is 5.82 Å². The van der Waals surface area contributed by atoms with Gasteiger partial charge >= 0.3 is 0 Å². The molecule has 0 aromatic heterocycles. The highest BCUT2D eigenvalue weighted by Gasteiger charge is 2.26. The number of nitrogens with two attached hydrogens (primary N) is 1. The molecule has 100 valence electrons. The van der Waals surface area contributed by atoms with E-state index in [2.05, 4.69) is 23.9 Å². The molecular weight excluding hydrogens is 229 g/mol. The van der Waals surface area contributed by atoms with E-state index >= 15 is 0 Å². The molecule has 1 atom stereocenters. The van der Waals surface area contributed by atoms with Crippen molar-refractivity contribution in [1.82, 2.24) is 9.80 Å². The maximum Gasteiger partial charge on any atom is 0.129 e. The van der Waals surface area contributed by atoms with Crippen LogP contribution < -0.4 is 5.73 Å². The first kappa shape index (κ1) is 13.3. The van der Waals surface area contributed by atoms with Crippen molar-refractivity contribution < 1.29 is 4.39 Å². The van der Waals surface area contributed by atoms with Gasteiger partial charge in [-0.25, -0.2) is 4.39 Å². The normalized spacial score (nSPS) is 20.8. The molecule has 0 saturated carbocycles. The van der Waals surface area contributed by atoms with Crippen LogP contribution in [0.2, 0.25) is 0 Å². The standard InChI is InChI=1S/C14H22FN3/c1-17(2)9-11-5-4-8-18(11)10-12-13(15)6-3-7-14(12)16/h3,6-7,11H,4-5,8-10,16H2,1-2H3. The molecule has 0 aliphatic carbocycles. The first-order valence-corrected chi connectivity index (χ1v) is 6.49. The molecule has 1 heterocycles. The van der Waals surface area contributed by atoms with Crippen molar-refractivity contribution in [2.24, 2.45) is 0 Å². The second-order valence-corrected chi connectivity index (χ2v) is 5.34. The molecule has 4 heteroatoms. The summed E-state index contributed by atoms with van der Waals surface area (Å²) in [4.78, 5) is 4.53. The number of hydrogen-bond acceptors (Lipinski definition) is 3. The van der Waals surface area contributed by atoms with E-state index in [1.54, 1.807) is 12.1 Å². The Balaban J connectivity index is 2.08. The molecular formula is C14H22FN3. The Morgan fingerprint density at radius 1 is 1.44 bits per heavy atom. The van der Waals surface area contributed by atoms with Crippen LogP contribution in [0.3, 0.4) is 0 Å². The first-order valence-electron chi connectivity index (χ1n) is 6.49. The Morgan fingerprint density at radius 3 is 2.89 bits per heavy atom. The van der Waals surface area contributed by atoms with Gasteiger partial charge in [-0.3, -0.25) is 4.90 Å². The number of halogens is 1. The number of rotatable bonds is 4. The number of anilines is 1. The van der Waals surface area contributed by atoms with Gasteiger partial charge < -0.3 is 10.6 Å². The van der Waals surface area contributed by atoms with Crippen LogP contribution in [0, 0.1) is 5.82 Å². The number of benzene rings is 1. The van der Waals surface area contributed by atoms with Gasteiger partial charge in [-0.1, -0.05) is 6.07 Å². The van der Waals surface area contributed by atoms with E-state index in [1.807, 2.05) is 0 Å². The number of likely N-dealkylation sites (N-methyl/N-ethyl adjacent to an activating group) is 1. The lowest BCUT2D eigenvalue weighted by Gasteiger charge is -2.27. The van der Waals surface area contributed by atoms with Gasteiger partial charge in [-0.2, -0.15) is 0 Å². The average Bonchev–Trinajstić information content (AvgIpc) is 2.70. The molecule has 1 aliphatic heterocycles. The maximum absolute atomic E-state index is 13.8. The zero-order valence-electron chi connectivity index (χ0n) is 11.2. The minimum Gasteiger partial charge on any atom is -0.398 e. The third kappa shape index (κ3) is 3.00. The summed E-state index contributed by atoms with van der Waals surface area (Å²) in [5, 5.41) is 0. The summed E-state index contributed by atoms with van der Waals surface area (Å²) in [7, 11) is 4.15. The fourth-order valence-electron chi connectivity index (χ4n) is 2.68. The van der Waals surface area contributed by atoms with Crippen LogP contribution in [0.15, 0.2) is 18.2 Å². The summed E-state index contributed by atoms with van der Waals surface area (Å²) in [5.74, 6) is -0.189. The molecule has 1 aromatic carbocycles. The minimum absolute atomic E-state index is 0.189. The second kappa shape index (κ2) is 5.67. The molecule has 0 spiro atoms. The Labute approximate surface area is 108 Å². The highest BCUT2D eigenvalue weighted by Crippen LogP contribution is 2.24. The fraction of sp³-hybridized carbons (Fsp3) is 0.571. The highest BCUT2D eigenvalue weighted by molar-refractivity contribution is 5.47. The van der Waals surface area contributed by atoms with Crippen LogP contribution in [0.4, 0.5) is 10.1 Å². The summed E-state index contributed by atoms with van der Waals surface area (Å²) >= 11 is 0. The fourth-order valence-corrected chi connectivity index (χ4v) is 2.68. The molecule has 0 radical (unpaired) electrons. The molecule has 1 aromatic rings. The first-order chi connectivity index (χ1) is 8.58. The van der Waals surface area contributed by atoms with E-state index in [-0.39, 0.29) is 5.82 Å². The number of likely N-dealkylation sites (tertiary alicyclic amines) is 1. The molecule has 2 rings (SSSR count). The van der Waals surface area contributed by atoms with Gasteiger partial charge in [0.05, 0.1) is 0 Å². The molecule has 2 N–H and O–H groups in total. The summed E-state index contributed by atoms with van der Waals surface area (Å²) < 4.78 is 13.8. The van der Waals surface area contributed by atoms with Crippen molar-refractivity contribution >= 4 is 5.69 Å². The largest absolute Gasteiger partial charge is 0.398 e. The SMILES string of the molecule is CN(C)CC1CCCN1Cc1c(N)cccc1F. The lowest BCUT2D eigenvalue weighted by atomic mass is 10.1.